The van der Waals surface area contributed by atoms with Crippen LogP contribution in [0.4, 0.5) is 13.2 Å². The van der Waals surface area contributed by atoms with Crippen molar-refractivity contribution in [2.75, 3.05) is 0 Å². The Labute approximate surface area is 105 Å². The minimum Gasteiger partial charge on any atom is -0.222 e. The van der Waals surface area contributed by atoms with Gasteiger partial charge in [0, 0.05) is 18.7 Å². The van der Waals surface area contributed by atoms with Gasteiger partial charge in [-0.15, -0.1) is 0 Å². The van der Waals surface area contributed by atoms with Gasteiger partial charge in [0.2, 0.25) is 0 Å². The predicted molar refractivity (Wildman–Crippen MR) is 58.5 cm³/mol. The molecular weight excluding hydrogens is 269 g/mol. The van der Waals surface area contributed by atoms with Crippen LogP contribution in [0.1, 0.15) is 18.4 Å². The summed E-state index contributed by atoms with van der Waals surface area (Å²) < 4.78 is 38.2. The molecule has 0 saturated carbocycles. The first-order valence-electron chi connectivity index (χ1n) is 5.07. The van der Waals surface area contributed by atoms with Gasteiger partial charge in [0.25, 0.3) is 0 Å². The Morgan fingerprint density at radius 3 is 2.61 bits per heavy atom. The summed E-state index contributed by atoms with van der Waals surface area (Å²) in [4.78, 5) is 7.98. The van der Waals surface area contributed by atoms with Crippen LogP contribution in [0.5, 0.6) is 0 Å². The number of aryl methyl sites for hydroxylation is 1. The maximum absolute atomic E-state index is 12.4. The van der Waals surface area contributed by atoms with Gasteiger partial charge in [-0.05, 0) is 6.07 Å². The molecule has 0 N–H and O–H groups in total. The second-order valence-corrected chi connectivity index (χ2v) is 3.85. The van der Waals surface area contributed by atoms with Crippen molar-refractivity contribution in [1.82, 2.24) is 19.7 Å². The van der Waals surface area contributed by atoms with E-state index in [1.165, 1.54) is 12.3 Å². The Kier molecular flexibility index (Phi) is 3.25. The summed E-state index contributed by atoms with van der Waals surface area (Å²) in [5, 5.41) is 3.58. The van der Waals surface area contributed by atoms with Crippen molar-refractivity contribution in [2.24, 2.45) is 0 Å². The van der Waals surface area contributed by atoms with Crippen LogP contribution in [-0.2, 0) is 12.6 Å². The van der Waals surface area contributed by atoms with E-state index in [2.05, 4.69) is 15.1 Å². The average molecular weight is 277 g/mol. The molecular formula is C10H8ClF3N4. The first-order chi connectivity index (χ1) is 8.40. The number of halogens is 4. The minimum atomic E-state index is -4.48. The highest BCUT2D eigenvalue weighted by Crippen LogP contribution is 2.27. The molecule has 0 fully saturated rings. The third kappa shape index (κ3) is 2.61. The van der Waals surface area contributed by atoms with E-state index in [4.69, 9.17) is 11.6 Å². The van der Waals surface area contributed by atoms with Crippen molar-refractivity contribution in [3.05, 3.63) is 35.0 Å². The van der Waals surface area contributed by atoms with Crippen LogP contribution < -0.4 is 0 Å². The molecule has 0 aromatic carbocycles. The number of aromatic nitrogens is 4. The van der Waals surface area contributed by atoms with E-state index in [1.54, 1.807) is 0 Å². The maximum atomic E-state index is 12.4. The van der Waals surface area contributed by atoms with Crippen molar-refractivity contribution >= 4 is 11.6 Å². The zero-order valence-electron chi connectivity index (χ0n) is 9.24. The van der Waals surface area contributed by atoms with Gasteiger partial charge in [-0.25, -0.2) is 14.6 Å². The molecule has 8 heteroatoms. The normalized spacial score (nSPS) is 11.8. The van der Waals surface area contributed by atoms with Gasteiger partial charge >= 0.3 is 6.18 Å². The molecule has 0 radical (unpaired) electrons. The van der Waals surface area contributed by atoms with Crippen molar-refractivity contribution < 1.29 is 13.2 Å². The fraction of sp³-hybridized carbons (Fsp3) is 0.300. The lowest BCUT2D eigenvalue weighted by Gasteiger charge is -2.04. The molecule has 2 aromatic rings. The van der Waals surface area contributed by atoms with Crippen LogP contribution >= 0.6 is 11.6 Å². The summed E-state index contributed by atoms with van der Waals surface area (Å²) >= 11 is 5.76. The molecule has 2 aromatic heterocycles. The van der Waals surface area contributed by atoms with Crippen molar-refractivity contribution in [2.45, 2.75) is 19.5 Å². The lowest BCUT2D eigenvalue weighted by molar-refractivity contribution is -0.141. The predicted octanol–water partition coefficient (Wildman–Crippen LogP) is 2.90. The third-order valence-corrected chi connectivity index (χ3v) is 2.35. The number of hydrogen-bond acceptors (Lipinski definition) is 3. The molecule has 4 nitrogen and oxygen atoms in total. The van der Waals surface area contributed by atoms with Gasteiger partial charge in [0.15, 0.2) is 11.5 Å². The van der Waals surface area contributed by atoms with Gasteiger partial charge in [0.1, 0.15) is 11.0 Å². The summed E-state index contributed by atoms with van der Waals surface area (Å²) in [5.74, 6) is 0.656. The second kappa shape index (κ2) is 4.56. The number of nitrogens with zero attached hydrogens (tertiary/aromatic N) is 4. The van der Waals surface area contributed by atoms with Crippen LogP contribution in [-0.4, -0.2) is 19.7 Å². The average Bonchev–Trinajstić information content (AvgIpc) is 2.77. The second-order valence-electron chi connectivity index (χ2n) is 3.46. The van der Waals surface area contributed by atoms with E-state index in [-0.39, 0.29) is 11.0 Å². The van der Waals surface area contributed by atoms with Gasteiger partial charge in [-0.3, -0.25) is 0 Å². The third-order valence-electron chi connectivity index (χ3n) is 2.16. The highest BCUT2D eigenvalue weighted by atomic mass is 35.5. The topological polar surface area (TPSA) is 43.6 Å². The van der Waals surface area contributed by atoms with Crippen molar-refractivity contribution in [1.29, 1.82) is 0 Å². The smallest absolute Gasteiger partial charge is 0.222 e. The monoisotopic (exact) mass is 276 g/mol. The number of rotatable bonds is 2. The maximum Gasteiger partial charge on any atom is 0.435 e. The Balaban J connectivity index is 2.43. The van der Waals surface area contributed by atoms with Crippen LogP contribution in [0, 0.1) is 0 Å². The van der Waals surface area contributed by atoms with Gasteiger partial charge in [-0.2, -0.15) is 18.3 Å². The molecule has 18 heavy (non-hydrogen) atoms. The largest absolute Gasteiger partial charge is 0.435 e. The summed E-state index contributed by atoms with van der Waals surface area (Å²) in [7, 11) is 0. The zero-order valence-corrected chi connectivity index (χ0v) is 10.00. The fourth-order valence-electron chi connectivity index (χ4n) is 1.33. The molecule has 0 aliphatic rings. The van der Waals surface area contributed by atoms with Gasteiger partial charge in [0.05, 0.1) is 0 Å². The van der Waals surface area contributed by atoms with Crippen LogP contribution in [0.25, 0.3) is 5.82 Å². The van der Waals surface area contributed by atoms with E-state index in [1.807, 2.05) is 6.92 Å². The van der Waals surface area contributed by atoms with Crippen molar-refractivity contribution in [3.63, 3.8) is 0 Å². The fourth-order valence-corrected chi connectivity index (χ4v) is 1.52. The Bertz CT molecular complexity index is 564. The van der Waals surface area contributed by atoms with E-state index < -0.39 is 11.9 Å². The van der Waals surface area contributed by atoms with Crippen molar-refractivity contribution in [3.8, 4) is 5.82 Å². The Hall–Kier alpha value is -1.63. The molecule has 0 amide bonds. The number of hydrogen-bond donors (Lipinski definition) is 0. The molecule has 96 valence electrons. The first kappa shape index (κ1) is 12.8. The molecule has 0 spiro atoms. The molecule has 0 aliphatic carbocycles. The lowest BCUT2D eigenvalue weighted by atomic mass is 10.4. The van der Waals surface area contributed by atoms with E-state index in [0.717, 1.165) is 10.7 Å². The minimum absolute atomic E-state index is 0.168. The van der Waals surface area contributed by atoms with Crippen LogP contribution in [0.2, 0.25) is 5.15 Å². The lowest BCUT2D eigenvalue weighted by Crippen LogP contribution is -2.08. The molecule has 0 unspecified atom stereocenters. The molecule has 0 atom stereocenters. The van der Waals surface area contributed by atoms with Crippen LogP contribution in [0.15, 0.2) is 18.3 Å². The highest BCUT2D eigenvalue weighted by Gasteiger charge is 2.33. The van der Waals surface area contributed by atoms with Gasteiger partial charge in [-0.1, -0.05) is 18.5 Å². The highest BCUT2D eigenvalue weighted by molar-refractivity contribution is 6.29. The molecule has 0 saturated heterocycles. The Morgan fingerprint density at radius 2 is 2.06 bits per heavy atom. The number of alkyl halides is 3. The van der Waals surface area contributed by atoms with E-state index in [9.17, 15) is 13.2 Å². The molecule has 0 aliphatic heterocycles. The van der Waals surface area contributed by atoms with E-state index in [0.29, 0.717) is 12.2 Å². The quantitative estimate of drug-likeness (QED) is 0.792. The summed E-state index contributed by atoms with van der Waals surface area (Å²) in [6, 6.07) is 2.23. The molecule has 0 bridgehead atoms. The summed E-state index contributed by atoms with van der Waals surface area (Å²) in [5.41, 5.74) is -0.977. The van der Waals surface area contributed by atoms with E-state index >= 15 is 0 Å². The molecule has 2 rings (SSSR count). The summed E-state index contributed by atoms with van der Waals surface area (Å²) in [6.45, 7) is 1.82. The SMILES string of the molecule is CCc1nc(Cl)cc(-n2ccc(C(F)(F)F)n2)n1. The van der Waals surface area contributed by atoms with Gasteiger partial charge < -0.3 is 0 Å². The first-order valence-corrected chi connectivity index (χ1v) is 5.44. The zero-order chi connectivity index (χ0) is 13.3. The summed E-state index contributed by atoms with van der Waals surface area (Å²) in [6.07, 6.45) is -2.77. The molecule has 2 heterocycles. The standard InChI is InChI=1S/C10H8ClF3N4/c1-2-8-15-7(11)5-9(16-8)18-4-3-6(17-18)10(12,13)14/h3-5H,2H2,1H3. The Morgan fingerprint density at radius 1 is 1.33 bits per heavy atom. The van der Waals surface area contributed by atoms with Crippen LogP contribution in [0.3, 0.4) is 0 Å².